The van der Waals surface area contributed by atoms with Crippen molar-refractivity contribution < 1.29 is 10.0 Å². The molecular formula is C11H16N4O2. The lowest BCUT2D eigenvalue weighted by molar-refractivity contribution is 0.0706. The molecule has 0 saturated carbocycles. The van der Waals surface area contributed by atoms with Crippen molar-refractivity contribution >= 4 is 11.7 Å². The van der Waals surface area contributed by atoms with Gasteiger partial charge in [0.25, 0.3) is 5.91 Å². The van der Waals surface area contributed by atoms with Gasteiger partial charge in [0.05, 0.1) is 5.56 Å². The third kappa shape index (κ3) is 2.72. The minimum absolute atomic E-state index is 0.352. The Hall–Kier alpha value is -1.66. The maximum Gasteiger partial charge on any atom is 0.276 e. The van der Waals surface area contributed by atoms with Crippen molar-refractivity contribution in [3.63, 3.8) is 0 Å². The molecule has 0 atom stereocenters. The van der Waals surface area contributed by atoms with Crippen LogP contribution in [-0.2, 0) is 0 Å². The van der Waals surface area contributed by atoms with E-state index in [-0.39, 0.29) is 0 Å². The predicted octanol–water partition coefficient (Wildman–Crippen LogP) is -0.0476. The molecule has 0 aromatic carbocycles. The van der Waals surface area contributed by atoms with Gasteiger partial charge < -0.3 is 9.80 Å². The molecule has 0 aliphatic carbocycles. The summed E-state index contributed by atoms with van der Waals surface area (Å²) in [6.07, 6.45) is 1.47. The number of nitrogens with one attached hydrogen (secondary N) is 1. The van der Waals surface area contributed by atoms with Gasteiger partial charge in [0.15, 0.2) is 0 Å². The third-order valence-corrected chi connectivity index (χ3v) is 2.94. The summed E-state index contributed by atoms with van der Waals surface area (Å²) in [7, 11) is 2.10. The number of rotatable bonds is 2. The summed E-state index contributed by atoms with van der Waals surface area (Å²) in [6, 6.07) is 3.46. The van der Waals surface area contributed by atoms with Crippen LogP contribution >= 0.6 is 0 Å². The summed E-state index contributed by atoms with van der Waals surface area (Å²) >= 11 is 0. The Bertz CT molecular complexity index is 385. The average Bonchev–Trinajstić information content (AvgIpc) is 2.39. The number of amides is 1. The highest BCUT2D eigenvalue weighted by Crippen LogP contribution is 2.13. The second kappa shape index (κ2) is 5.11. The number of carbonyl (C=O) groups is 1. The van der Waals surface area contributed by atoms with Gasteiger partial charge in [0.1, 0.15) is 5.82 Å². The molecule has 1 fully saturated rings. The van der Waals surface area contributed by atoms with Gasteiger partial charge in [0, 0.05) is 32.4 Å². The molecule has 6 nitrogen and oxygen atoms in total. The molecular weight excluding hydrogens is 220 g/mol. The van der Waals surface area contributed by atoms with Gasteiger partial charge in [-0.3, -0.25) is 10.0 Å². The van der Waals surface area contributed by atoms with Crippen LogP contribution in [0, 0.1) is 0 Å². The number of hydroxylamine groups is 1. The van der Waals surface area contributed by atoms with Crippen molar-refractivity contribution in [2.45, 2.75) is 0 Å². The SMILES string of the molecule is CN1CCN(c2ccc(C(=O)NO)cn2)CC1. The van der Waals surface area contributed by atoms with Crippen LogP contribution in [-0.4, -0.2) is 54.2 Å². The molecule has 0 spiro atoms. The Balaban J connectivity index is 2.05. The Labute approximate surface area is 99.8 Å². The lowest BCUT2D eigenvalue weighted by Gasteiger charge is -2.33. The van der Waals surface area contributed by atoms with Crippen LogP contribution in [0.1, 0.15) is 10.4 Å². The summed E-state index contributed by atoms with van der Waals surface area (Å²) in [5.74, 6) is 0.329. The van der Waals surface area contributed by atoms with Crippen LogP contribution in [0.15, 0.2) is 18.3 Å². The lowest BCUT2D eigenvalue weighted by atomic mass is 10.2. The van der Waals surface area contributed by atoms with E-state index < -0.39 is 5.91 Å². The third-order valence-electron chi connectivity index (χ3n) is 2.94. The minimum atomic E-state index is -0.539. The van der Waals surface area contributed by atoms with Crippen LogP contribution in [0.2, 0.25) is 0 Å². The maximum atomic E-state index is 11.1. The Kier molecular flexibility index (Phi) is 3.55. The highest BCUT2D eigenvalue weighted by Gasteiger charge is 2.15. The van der Waals surface area contributed by atoms with Crippen LogP contribution in [0.25, 0.3) is 0 Å². The van der Waals surface area contributed by atoms with E-state index in [9.17, 15) is 4.79 Å². The average molecular weight is 236 g/mol. The van der Waals surface area contributed by atoms with E-state index >= 15 is 0 Å². The van der Waals surface area contributed by atoms with Crippen LogP contribution in [0.5, 0.6) is 0 Å². The molecule has 0 bridgehead atoms. The van der Waals surface area contributed by atoms with Crippen molar-refractivity contribution in [1.82, 2.24) is 15.4 Å². The van der Waals surface area contributed by atoms with Gasteiger partial charge in [-0.2, -0.15) is 0 Å². The van der Waals surface area contributed by atoms with Crippen LogP contribution in [0.4, 0.5) is 5.82 Å². The molecule has 2 N–H and O–H groups in total. The van der Waals surface area contributed by atoms with Crippen molar-refractivity contribution in [1.29, 1.82) is 0 Å². The quantitative estimate of drug-likeness (QED) is 0.556. The van der Waals surface area contributed by atoms with E-state index in [1.165, 1.54) is 6.20 Å². The summed E-state index contributed by atoms with van der Waals surface area (Å²) in [6.45, 7) is 3.91. The molecule has 1 aromatic rings. The Morgan fingerprint density at radius 2 is 2.06 bits per heavy atom. The van der Waals surface area contributed by atoms with E-state index in [4.69, 9.17) is 5.21 Å². The first-order chi connectivity index (χ1) is 8.20. The number of aromatic nitrogens is 1. The fourth-order valence-corrected chi connectivity index (χ4v) is 1.81. The number of piperazine rings is 1. The number of carbonyl (C=O) groups excluding carboxylic acids is 1. The summed E-state index contributed by atoms with van der Waals surface area (Å²) in [4.78, 5) is 19.8. The topological polar surface area (TPSA) is 68.7 Å². The Morgan fingerprint density at radius 1 is 1.35 bits per heavy atom. The standard InChI is InChI=1S/C11H16N4O2/c1-14-4-6-15(7-5-14)10-3-2-9(8-12-10)11(16)13-17/h2-3,8,17H,4-7H2,1H3,(H,13,16). The van der Waals surface area contributed by atoms with Crippen LogP contribution in [0.3, 0.4) is 0 Å². The summed E-state index contributed by atoms with van der Waals surface area (Å²) in [5.41, 5.74) is 1.94. The highest BCUT2D eigenvalue weighted by atomic mass is 16.5. The lowest BCUT2D eigenvalue weighted by Crippen LogP contribution is -2.44. The fourth-order valence-electron chi connectivity index (χ4n) is 1.81. The second-order valence-electron chi connectivity index (χ2n) is 4.14. The van der Waals surface area contributed by atoms with E-state index in [2.05, 4.69) is 21.8 Å². The molecule has 1 aliphatic rings. The van der Waals surface area contributed by atoms with Gasteiger partial charge in [-0.25, -0.2) is 10.5 Å². The fraction of sp³-hybridized carbons (Fsp3) is 0.455. The molecule has 92 valence electrons. The van der Waals surface area contributed by atoms with Gasteiger partial charge in [-0.05, 0) is 19.2 Å². The maximum absolute atomic E-state index is 11.1. The molecule has 17 heavy (non-hydrogen) atoms. The van der Waals surface area contributed by atoms with Gasteiger partial charge in [-0.15, -0.1) is 0 Å². The molecule has 1 amide bonds. The minimum Gasteiger partial charge on any atom is -0.354 e. The first-order valence-electron chi connectivity index (χ1n) is 5.54. The smallest absolute Gasteiger partial charge is 0.276 e. The number of pyridine rings is 1. The molecule has 1 aromatic heterocycles. The van der Waals surface area contributed by atoms with Crippen molar-refractivity contribution in [3.05, 3.63) is 23.9 Å². The number of hydrogen-bond donors (Lipinski definition) is 2. The van der Waals surface area contributed by atoms with Crippen molar-refractivity contribution in [2.24, 2.45) is 0 Å². The zero-order chi connectivity index (χ0) is 12.3. The van der Waals surface area contributed by atoms with E-state index in [1.807, 2.05) is 0 Å². The molecule has 0 radical (unpaired) electrons. The largest absolute Gasteiger partial charge is 0.354 e. The molecule has 0 unspecified atom stereocenters. The number of nitrogens with zero attached hydrogens (tertiary/aromatic N) is 3. The molecule has 6 heteroatoms. The number of hydrogen-bond acceptors (Lipinski definition) is 5. The van der Waals surface area contributed by atoms with Gasteiger partial charge >= 0.3 is 0 Å². The first kappa shape index (κ1) is 11.8. The Morgan fingerprint density at radius 3 is 2.59 bits per heavy atom. The van der Waals surface area contributed by atoms with Crippen LogP contribution < -0.4 is 10.4 Å². The number of anilines is 1. The normalized spacial score (nSPS) is 16.9. The second-order valence-corrected chi connectivity index (χ2v) is 4.14. The van der Waals surface area contributed by atoms with E-state index in [0.717, 1.165) is 32.0 Å². The molecule has 1 aliphatic heterocycles. The van der Waals surface area contributed by atoms with Crippen molar-refractivity contribution in [2.75, 3.05) is 38.1 Å². The highest BCUT2D eigenvalue weighted by molar-refractivity contribution is 5.93. The van der Waals surface area contributed by atoms with Crippen molar-refractivity contribution in [3.8, 4) is 0 Å². The predicted molar refractivity (Wildman–Crippen MR) is 63.2 cm³/mol. The molecule has 2 rings (SSSR count). The summed E-state index contributed by atoms with van der Waals surface area (Å²) in [5, 5.41) is 8.49. The zero-order valence-electron chi connectivity index (χ0n) is 9.76. The number of likely N-dealkylation sites (N-methyl/N-ethyl adjacent to an activating group) is 1. The van der Waals surface area contributed by atoms with E-state index in [1.54, 1.807) is 17.6 Å². The zero-order valence-corrected chi connectivity index (χ0v) is 9.76. The van der Waals surface area contributed by atoms with Gasteiger partial charge in [0.2, 0.25) is 0 Å². The first-order valence-corrected chi connectivity index (χ1v) is 5.54. The monoisotopic (exact) mass is 236 g/mol. The molecule has 1 saturated heterocycles. The summed E-state index contributed by atoms with van der Waals surface area (Å²) < 4.78 is 0. The van der Waals surface area contributed by atoms with E-state index in [0.29, 0.717) is 5.56 Å². The van der Waals surface area contributed by atoms with Gasteiger partial charge in [-0.1, -0.05) is 0 Å². The molecule has 2 heterocycles.